The molecule has 6 heteroatoms. The summed E-state index contributed by atoms with van der Waals surface area (Å²) in [5.74, 6) is -1.31. The van der Waals surface area contributed by atoms with Crippen molar-refractivity contribution in [2.75, 3.05) is 32.7 Å². The van der Waals surface area contributed by atoms with Crippen molar-refractivity contribution in [1.82, 2.24) is 14.8 Å². The number of carboxylic acid groups (broad SMARTS) is 1. The molecule has 1 amide bonds. The summed E-state index contributed by atoms with van der Waals surface area (Å²) < 4.78 is 0. The van der Waals surface area contributed by atoms with Crippen LogP contribution in [-0.4, -0.2) is 64.5 Å². The predicted molar refractivity (Wildman–Crippen MR) is 73.8 cm³/mol. The number of hydrogen-bond donors (Lipinski definition) is 1. The summed E-state index contributed by atoms with van der Waals surface area (Å²) in [6.07, 6.45) is 1.11. The number of amides is 1. The third-order valence-electron chi connectivity index (χ3n) is 3.39. The summed E-state index contributed by atoms with van der Waals surface area (Å²) in [5.41, 5.74) is 0.106. The second-order valence-corrected chi connectivity index (χ2v) is 4.85. The summed E-state index contributed by atoms with van der Waals surface area (Å²) in [5, 5.41) is 8.90. The van der Waals surface area contributed by atoms with Gasteiger partial charge in [-0.15, -0.1) is 0 Å². The fourth-order valence-electron chi connectivity index (χ4n) is 2.33. The van der Waals surface area contributed by atoms with E-state index in [0.29, 0.717) is 13.1 Å². The molecular formula is C14H19N3O3. The molecule has 20 heavy (non-hydrogen) atoms. The van der Waals surface area contributed by atoms with Crippen LogP contribution in [0.25, 0.3) is 0 Å². The first-order valence-corrected chi connectivity index (χ1v) is 6.83. The number of nitrogens with zero attached hydrogens (tertiary/aromatic N) is 3. The Labute approximate surface area is 118 Å². The molecule has 0 radical (unpaired) electrons. The summed E-state index contributed by atoms with van der Waals surface area (Å²) in [4.78, 5) is 31.1. The van der Waals surface area contributed by atoms with Gasteiger partial charge in [-0.25, -0.2) is 9.78 Å². The Morgan fingerprint density at radius 3 is 2.45 bits per heavy atom. The lowest BCUT2D eigenvalue weighted by Crippen LogP contribution is -2.49. The Hall–Kier alpha value is -1.95. The molecule has 2 heterocycles. The molecule has 0 bridgehead atoms. The number of rotatable bonds is 4. The van der Waals surface area contributed by atoms with Gasteiger partial charge in [0, 0.05) is 26.2 Å². The maximum atomic E-state index is 12.3. The molecule has 1 saturated heterocycles. The van der Waals surface area contributed by atoms with Crippen LogP contribution in [0.3, 0.4) is 0 Å². The first-order chi connectivity index (χ1) is 9.61. The second kappa shape index (κ2) is 6.47. The third kappa shape index (κ3) is 3.33. The Bertz CT molecular complexity index is 496. The number of hydrogen-bond acceptors (Lipinski definition) is 4. The first kappa shape index (κ1) is 14.5. The van der Waals surface area contributed by atoms with Crippen molar-refractivity contribution in [2.45, 2.75) is 13.3 Å². The number of carboxylic acids is 1. The maximum Gasteiger partial charge on any atom is 0.354 e. The van der Waals surface area contributed by atoms with Gasteiger partial charge in [0.1, 0.15) is 11.4 Å². The van der Waals surface area contributed by atoms with Gasteiger partial charge in [0.2, 0.25) is 0 Å². The zero-order chi connectivity index (χ0) is 14.5. The van der Waals surface area contributed by atoms with E-state index in [2.05, 4.69) is 16.8 Å². The van der Waals surface area contributed by atoms with Crippen LogP contribution in [0.1, 0.15) is 34.3 Å². The van der Waals surface area contributed by atoms with E-state index < -0.39 is 5.97 Å². The van der Waals surface area contributed by atoms with Gasteiger partial charge in [-0.1, -0.05) is 13.0 Å². The molecule has 0 spiro atoms. The fraction of sp³-hybridized carbons (Fsp3) is 0.500. The largest absolute Gasteiger partial charge is 0.477 e. The zero-order valence-corrected chi connectivity index (χ0v) is 11.6. The van der Waals surface area contributed by atoms with Crippen LogP contribution in [0, 0.1) is 0 Å². The lowest BCUT2D eigenvalue weighted by molar-refractivity contribution is 0.0631. The molecule has 1 N–H and O–H groups in total. The number of carbonyl (C=O) groups excluding carboxylic acids is 1. The Morgan fingerprint density at radius 1 is 1.20 bits per heavy atom. The molecule has 0 aliphatic carbocycles. The van der Waals surface area contributed by atoms with E-state index in [4.69, 9.17) is 5.11 Å². The van der Waals surface area contributed by atoms with Crippen molar-refractivity contribution in [3.05, 3.63) is 29.6 Å². The summed E-state index contributed by atoms with van der Waals surface area (Å²) >= 11 is 0. The Morgan fingerprint density at radius 2 is 1.85 bits per heavy atom. The molecule has 0 aromatic carbocycles. The highest BCUT2D eigenvalue weighted by atomic mass is 16.4. The minimum atomic E-state index is -1.12. The van der Waals surface area contributed by atoms with Gasteiger partial charge in [-0.2, -0.15) is 0 Å². The highest BCUT2D eigenvalue weighted by molar-refractivity contribution is 5.94. The summed E-state index contributed by atoms with van der Waals surface area (Å²) in [6, 6.07) is 4.50. The molecule has 1 aliphatic heterocycles. The lowest BCUT2D eigenvalue weighted by atomic mass is 10.2. The van der Waals surface area contributed by atoms with Crippen LogP contribution in [0.2, 0.25) is 0 Å². The highest BCUT2D eigenvalue weighted by Gasteiger charge is 2.23. The standard InChI is InChI=1S/C14H19N3O3/c1-2-6-16-7-9-17(10-8-16)13(18)11-4-3-5-12(15-11)14(19)20/h3-5H,2,6-10H2,1H3,(H,19,20). The van der Waals surface area contributed by atoms with Crippen molar-refractivity contribution < 1.29 is 14.7 Å². The van der Waals surface area contributed by atoms with E-state index >= 15 is 0 Å². The monoisotopic (exact) mass is 277 g/mol. The molecule has 0 saturated carbocycles. The van der Waals surface area contributed by atoms with E-state index in [9.17, 15) is 9.59 Å². The molecule has 1 aromatic rings. The molecule has 2 rings (SSSR count). The second-order valence-electron chi connectivity index (χ2n) is 4.85. The normalized spacial score (nSPS) is 16.1. The zero-order valence-electron chi connectivity index (χ0n) is 11.6. The summed E-state index contributed by atoms with van der Waals surface area (Å²) in [7, 11) is 0. The number of aromatic carboxylic acids is 1. The molecule has 0 unspecified atom stereocenters. The first-order valence-electron chi connectivity index (χ1n) is 6.83. The molecule has 108 valence electrons. The van der Waals surface area contributed by atoms with Gasteiger partial charge in [-0.05, 0) is 25.1 Å². The predicted octanol–water partition coefficient (Wildman–Crippen LogP) is 0.948. The summed E-state index contributed by atoms with van der Waals surface area (Å²) in [6.45, 7) is 6.24. The molecule has 1 aliphatic rings. The molecule has 6 nitrogen and oxygen atoms in total. The molecular weight excluding hydrogens is 258 g/mol. The Kier molecular flexibility index (Phi) is 4.68. The van der Waals surface area contributed by atoms with Crippen LogP contribution in [0.4, 0.5) is 0 Å². The number of carbonyl (C=O) groups is 2. The molecule has 0 atom stereocenters. The fourth-order valence-corrected chi connectivity index (χ4v) is 2.33. The van der Waals surface area contributed by atoms with Crippen molar-refractivity contribution in [1.29, 1.82) is 0 Å². The highest BCUT2D eigenvalue weighted by Crippen LogP contribution is 2.08. The topological polar surface area (TPSA) is 73.7 Å². The van der Waals surface area contributed by atoms with E-state index in [0.717, 1.165) is 26.1 Å². The van der Waals surface area contributed by atoms with Gasteiger partial charge in [-0.3, -0.25) is 9.69 Å². The van der Waals surface area contributed by atoms with E-state index in [1.807, 2.05) is 0 Å². The smallest absolute Gasteiger partial charge is 0.354 e. The molecule has 1 aromatic heterocycles. The van der Waals surface area contributed by atoms with Crippen LogP contribution >= 0.6 is 0 Å². The number of pyridine rings is 1. The SMILES string of the molecule is CCCN1CCN(C(=O)c2cccc(C(=O)O)n2)CC1. The van der Waals surface area contributed by atoms with Gasteiger partial charge >= 0.3 is 5.97 Å². The average molecular weight is 277 g/mol. The number of aromatic nitrogens is 1. The van der Waals surface area contributed by atoms with Gasteiger partial charge < -0.3 is 10.0 Å². The van der Waals surface area contributed by atoms with E-state index in [1.165, 1.54) is 6.07 Å². The third-order valence-corrected chi connectivity index (χ3v) is 3.39. The van der Waals surface area contributed by atoms with Crippen LogP contribution in [0.15, 0.2) is 18.2 Å². The van der Waals surface area contributed by atoms with Crippen LogP contribution < -0.4 is 0 Å². The Balaban J connectivity index is 2.02. The lowest BCUT2D eigenvalue weighted by Gasteiger charge is -2.34. The van der Waals surface area contributed by atoms with Gasteiger partial charge in [0.15, 0.2) is 0 Å². The van der Waals surface area contributed by atoms with Crippen molar-refractivity contribution in [2.24, 2.45) is 0 Å². The van der Waals surface area contributed by atoms with Crippen LogP contribution in [0.5, 0.6) is 0 Å². The van der Waals surface area contributed by atoms with Gasteiger partial charge in [0.25, 0.3) is 5.91 Å². The maximum absolute atomic E-state index is 12.3. The minimum Gasteiger partial charge on any atom is -0.477 e. The quantitative estimate of drug-likeness (QED) is 0.887. The van der Waals surface area contributed by atoms with Crippen molar-refractivity contribution in [3.8, 4) is 0 Å². The average Bonchev–Trinajstić information content (AvgIpc) is 2.48. The van der Waals surface area contributed by atoms with Crippen molar-refractivity contribution in [3.63, 3.8) is 0 Å². The number of piperazine rings is 1. The van der Waals surface area contributed by atoms with Crippen molar-refractivity contribution >= 4 is 11.9 Å². The van der Waals surface area contributed by atoms with E-state index in [1.54, 1.807) is 17.0 Å². The van der Waals surface area contributed by atoms with Gasteiger partial charge in [0.05, 0.1) is 0 Å². The van der Waals surface area contributed by atoms with Crippen LogP contribution in [-0.2, 0) is 0 Å². The minimum absolute atomic E-state index is 0.0968. The van der Waals surface area contributed by atoms with E-state index in [-0.39, 0.29) is 17.3 Å². The molecule has 1 fully saturated rings.